The molecular formula is C20H20F2N4O. The van der Waals surface area contributed by atoms with E-state index in [0.717, 1.165) is 23.8 Å². The SMILES string of the molecule is COc1cccc(CCNc2cc(Nc3ccc(F)cc3F)nc(C)n2)c1. The third-order valence-corrected chi connectivity index (χ3v) is 3.89. The first kappa shape index (κ1) is 18.6. The van der Waals surface area contributed by atoms with Crippen molar-refractivity contribution in [1.82, 2.24) is 9.97 Å². The largest absolute Gasteiger partial charge is 0.497 e. The molecule has 2 aromatic carbocycles. The second-order valence-corrected chi connectivity index (χ2v) is 5.96. The summed E-state index contributed by atoms with van der Waals surface area (Å²) in [6.45, 7) is 2.41. The molecule has 1 aromatic heterocycles. The number of anilines is 3. The molecule has 3 aromatic rings. The van der Waals surface area contributed by atoms with Crippen LogP contribution in [0.2, 0.25) is 0 Å². The maximum atomic E-state index is 13.8. The predicted octanol–water partition coefficient (Wildman–Crippen LogP) is 4.47. The lowest BCUT2D eigenvalue weighted by atomic mass is 10.1. The van der Waals surface area contributed by atoms with Crippen LogP contribution < -0.4 is 15.4 Å². The van der Waals surface area contributed by atoms with Gasteiger partial charge in [-0.05, 0) is 43.2 Å². The molecular weight excluding hydrogens is 350 g/mol. The quantitative estimate of drug-likeness (QED) is 0.643. The van der Waals surface area contributed by atoms with Crippen molar-refractivity contribution in [1.29, 1.82) is 0 Å². The van der Waals surface area contributed by atoms with Crippen molar-refractivity contribution >= 4 is 17.3 Å². The van der Waals surface area contributed by atoms with Crippen LogP contribution in [0, 0.1) is 18.6 Å². The number of aryl methyl sites for hydroxylation is 1. The van der Waals surface area contributed by atoms with E-state index in [-0.39, 0.29) is 5.69 Å². The Hall–Kier alpha value is -3.22. The van der Waals surface area contributed by atoms with E-state index in [1.54, 1.807) is 20.1 Å². The van der Waals surface area contributed by atoms with E-state index in [4.69, 9.17) is 4.74 Å². The van der Waals surface area contributed by atoms with Crippen molar-refractivity contribution in [2.75, 3.05) is 24.3 Å². The molecule has 2 N–H and O–H groups in total. The van der Waals surface area contributed by atoms with Gasteiger partial charge in [-0.25, -0.2) is 18.7 Å². The van der Waals surface area contributed by atoms with E-state index in [1.165, 1.54) is 12.1 Å². The van der Waals surface area contributed by atoms with Gasteiger partial charge >= 0.3 is 0 Å². The summed E-state index contributed by atoms with van der Waals surface area (Å²) in [5.41, 5.74) is 1.29. The van der Waals surface area contributed by atoms with E-state index in [9.17, 15) is 8.78 Å². The second-order valence-electron chi connectivity index (χ2n) is 5.96. The highest BCUT2D eigenvalue weighted by Gasteiger charge is 2.07. The highest BCUT2D eigenvalue weighted by atomic mass is 19.1. The summed E-state index contributed by atoms with van der Waals surface area (Å²) in [6.07, 6.45) is 0.787. The molecule has 27 heavy (non-hydrogen) atoms. The van der Waals surface area contributed by atoms with Crippen molar-refractivity contribution in [3.63, 3.8) is 0 Å². The van der Waals surface area contributed by atoms with Crippen LogP contribution in [0.15, 0.2) is 48.5 Å². The number of nitrogens with one attached hydrogen (secondary N) is 2. The summed E-state index contributed by atoms with van der Waals surface area (Å²) in [5.74, 6) is 1.09. The molecule has 5 nitrogen and oxygen atoms in total. The standard InChI is InChI=1S/C20H20F2N4O/c1-13-24-19(23-9-8-14-4-3-5-16(10-14)27-2)12-20(25-13)26-18-7-6-15(21)11-17(18)22/h3-7,10-12H,8-9H2,1-2H3,(H2,23,24,25,26). The number of benzene rings is 2. The van der Waals surface area contributed by atoms with Gasteiger partial charge < -0.3 is 15.4 Å². The molecule has 0 saturated heterocycles. The van der Waals surface area contributed by atoms with Crippen LogP contribution >= 0.6 is 0 Å². The fraction of sp³-hybridized carbons (Fsp3) is 0.200. The molecule has 0 aliphatic heterocycles. The monoisotopic (exact) mass is 370 g/mol. The van der Waals surface area contributed by atoms with Crippen LogP contribution in [0.1, 0.15) is 11.4 Å². The van der Waals surface area contributed by atoms with Crippen molar-refractivity contribution in [2.24, 2.45) is 0 Å². The molecule has 0 atom stereocenters. The summed E-state index contributed by atoms with van der Waals surface area (Å²) in [7, 11) is 1.64. The fourth-order valence-corrected chi connectivity index (χ4v) is 2.61. The summed E-state index contributed by atoms with van der Waals surface area (Å²) >= 11 is 0. The number of hydrogen-bond acceptors (Lipinski definition) is 5. The molecule has 0 bridgehead atoms. The number of halogens is 2. The van der Waals surface area contributed by atoms with E-state index < -0.39 is 11.6 Å². The van der Waals surface area contributed by atoms with Crippen molar-refractivity contribution in [3.05, 3.63) is 71.6 Å². The van der Waals surface area contributed by atoms with Crippen LogP contribution in [0.5, 0.6) is 5.75 Å². The van der Waals surface area contributed by atoms with Gasteiger partial charge in [0.25, 0.3) is 0 Å². The lowest BCUT2D eigenvalue weighted by molar-refractivity contribution is 0.414. The molecule has 0 radical (unpaired) electrons. The van der Waals surface area contributed by atoms with Crippen LogP contribution in [0.4, 0.5) is 26.1 Å². The highest BCUT2D eigenvalue weighted by molar-refractivity contribution is 5.59. The summed E-state index contributed by atoms with van der Waals surface area (Å²) < 4.78 is 32.1. The molecule has 0 aliphatic carbocycles. The Kier molecular flexibility index (Phi) is 5.80. The zero-order valence-electron chi connectivity index (χ0n) is 15.1. The Morgan fingerprint density at radius 1 is 1.00 bits per heavy atom. The Balaban J connectivity index is 1.66. The normalized spacial score (nSPS) is 10.5. The number of hydrogen-bond donors (Lipinski definition) is 2. The van der Waals surface area contributed by atoms with Crippen molar-refractivity contribution < 1.29 is 13.5 Å². The molecule has 140 valence electrons. The van der Waals surface area contributed by atoms with Crippen LogP contribution in [-0.2, 0) is 6.42 Å². The van der Waals surface area contributed by atoms with Crippen molar-refractivity contribution in [3.8, 4) is 5.75 Å². The summed E-state index contributed by atoms with van der Waals surface area (Å²) in [4.78, 5) is 8.58. The number of ether oxygens (including phenoxy) is 1. The number of aromatic nitrogens is 2. The lowest BCUT2D eigenvalue weighted by Gasteiger charge is -2.11. The summed E-state index contributed by atoms with van der Waals surface area (Å²) in [5, 5.41) is 6.09. The van der Waals surface area contributed by atoms with E-state index >= 15 is 0 Å². The fourth-order valence-electron chi connectivity index (χ4n) is 2.61. The zero-order chi connectivity index (χ0) is 19.2. The third kappa shape index (κ3) is 5.13. The lowest BCUT2D eigenvalue weighted by Crippen LogP contribution is -2.08. The predicted molar refractivity (Wildman–Crippen MR) is 102 cm³/mol. The number of methoxy groups -OCH3 is 1. The molecule has 3 rings (SSSR count). The molecule has 0 aliphatic rings. The third-order valence-electron chi connectivity index (χ3n) is 3.89. The smallest absolute Gasteiger partial charge is 0.149 e. The first-order valence-electron chi connectivity index (χ1n) is 8.48. The van der Waals surface area contributed by atoms with Gasteiger partial charge in [0.15, 0.2) is 0 Å². The maximum absolute atomic E-state index is 13.8. The van der Waals surface area contributed by atoms with Crippen LogP contribution in [0.3, 0.4) is 0 Å². The average molecular weight is 370 g/mol. The Morgan fingerprint density at radius 3 is 2.59 bits per heavy atom. The molecule has 0 fully saturated rings. The van der Waals surface area contributed by atoms with E-state index in [2.05, 4.69) is 20.6 Å². The molecule has 0 spiro atoms. The van der Waals surface area contributed by atoms with E-state index in [0.29, 0.717) is 24.0 Å². The first-order valence-corrected chi connectivity index (χ1v) is 8.48. The first-order chi connectivity index (χ1) is 13.0. The minimum absolute atomic E-state index is 0.150. The second kappa shape index (κ2) is 8.44. The van der Waals surface area contributed by atoms with Gasteiger partial charge in [-0.3, -0.25) is 0 Å². The van der Waals surface area contributed by atoms with Gasteiger partial charge in [-0.15, -0.1) is 0 Å². The van der Waals surface area contributed by atoms with Crippen molar-refractivity contribution in [2.45, 2.75) is 13.3 Å². The Bertz CT molecular complexity index is 934. The molecule has 0 saturated carbocycles. The summed E-state index contributed by atoms with van der Waals surface area (Å²) in [6, 6.07) is 12.9. The minimum Gasteiger partial charge on any atom is -0.497 e. The Morgan fingerprint density at radius 2 is 1.81 bits per heavy atom. The number of nitrogens with zero attached hydrogens (tertiary/aromatic N) is 2. The topological polar surface area (TPSA) is 59.1 Å². The molecule has 0 unspecified atom stereocenters. The van der Waals surface area contributed by atoms with E-state index in [1.807, 2.05) is 24.3 Å². The maximum Gasteiger partial charge on any atom is 0.149 e. The zero-order valence-corrected chi connectivity index (χ0v) is 15.1. The Labute approximate surface area is 156 Å². The highest BCUT2D eigenvalue weighted by Crippen LogP contribution is 2.21. The molecule has 0 amide bonds. The molecule has 1 heterocycles. The average Bonchev–Trinajstić information content (AvgIpc) is 2.64. The minimum atomic E-state index is -0.682. The van der Waals surface area contributed by atoms with Crippen LogP contribution in [0.25, 0.3) is 0 Å². The van der Waals surface area contributed by atoms with Gasteiger partial charge in [-0.1, -0.05) is 12.1 Å². The van der Waals surface area contributed by atoms with Gasteiger partial charge in [0.2, 0.25) is 0 Å². The van der Waals surface area contributed by atoms with Crippen LogP contribution in [-0.4, -0.2) is 23.6 Å². The van der Waals surface area contributed by atoms with Gasteiger partial charge in [0, 0.05) is 18.7 Å². The van der Waals surface area contributed by atoms with Gasteiger partial charge in [-0.2, -0.15) is 0 Å². The molecule has 7 heteroatoms. The van der Waals surface area contributed by atoms with Gasteiger partial charge in [0.05, 0.1) is 12.8 Å². The van der Waals surface area contributed by atoms with Gasteiger partial charge in [0.1, 0.15) is 34.8 Å². The number of rotatable bonds is 7.